The first kappa shape index (κ1) is 29.1. The van der Waals surface area contributed by atoms with E-state index in [9.17, 15) is 27.9 Å². The van der Waals surface area contributed by atoms with Gasteiger partial charge in [0.1, 0.15) is 11.8 Å². The number of aliphatic carboxylic acids is 1. The van der Waals surface area contributed by atoms with E-state index in [2.05, 4.69) is 15.0 Å². The molecular formula is C25H31N6O7S+. The first-order chi connectivity index (χ1) is 18.6. The number of rotatable bonds is 14. The fraction of sp³-hybridized carbons (Fsp3) is 0.280. The molecule has 1 aromatic carbocycles. The number of nitrogens with zero attached hydrogens (tertiary/aromatic N) is 1. The normalized spacial score (nSPS) is 12.0. The predicted octanol–water partition coefficient (Wildman–Crippen LogP) is -1.64. The van der Waals surface area contributed by atoms with E-state index in [1.807, 2.05) is 0 Å². The molecule has 0 aliphatic rings. The summed E-state index contributed by atoms with van der Waals surface area (Å²) in [4.78, 5) is 39.7. The van der Waals surface area contributed by atoms with Crippen LogP contribution >= 0.6 is 0 Å². The molecule has 0 radical (unpaired) electrons. The van der Waals surface area contributed by atoms with E-state index in [1.165, 1.54) is 40.9 Å². The van der Waals surface area contributed by atoms with Gasteiger partial charge >= 0.3 is 11.9 Å². The van der Waals surface area contributed by atoms with Gasteiger partial charge in [0, 0.05) is 30.4 Å². The van der Waals surface area contributed by atoms with Gasteiger partial charge in [-0.3, -0.25) is 35.2 Å². The fourth-order valence-electron chi connectivity index (χ4n) is 3.59. The summed E-state index contributed by atoms with van der Waals surface area (Å²) in [6.07, 6.45) is 4.06. The van der Waals surface area contributed by atoms with Crippen LogP contribution in [0.25, 0.3) is 5.52 Å². The topological polar surface area (TPSA) is 209 Å². The molecule has 2 heterocycles. The standard InChI is InChI=1S/C25H30N6O7S/c26-25(27)28-10-5-2-6-12-38-19-9-11-31-18(15-19)13-17(14-22(31)32)23(33)29-16-21(24(34)35)30-39(36,37)20-7-3-1-4-8-20/h1,3-4,7-9,11,13-15,21,30H,2,5-6,10,12,16H2,(H,29,33)(H,34,35)(H4,26,27,28)/p+1/t21-/m0/s1. The molecule has 0 unspecified atom stereocenters. The summed E-state index contributed by atoms with van der Waals surface area (Å²) in [6, 6.07) is 11.4. The number of benzene rings is 1. The fourth-order valence-corrected chi connectivity index (χ4v) is 4.80. The van der Waals surface area contributed by atoms with Crippen molar-refractivity contribution in [2.45, 2.75) is 30.2 Å². The van der Waals surface area contributed by atoms with Gasteiger partial charge in [-0.1, -0.05) is 18.2 Å². The minimum atomic E-state index is -4.14. The Labute approximate surface area is 224 Å². The zero-order valence-electron chi connectivity index (χ0n) is 21.0. The van der Waals surface area contributed by atoms with Crippen molar-refractivity contribution in [1.82, 2.24) is 14.4 Å². The first-order valence-electron chi connectivity index (χ1n) is 12.1. The molecule has 2 aromatic heterocycles. The number of pyridine rings is 2. The van der Waals surface area contributed by atoms with Crippen molar-refractivity contribution >= 4 is 33.4 Å². The number of carbonyl (C=O) groups is 2. The molecular weight excluding hydrogens is 528 g/mol. The lowest BCUT2D eigenvalue weighted by molar-refractivity contribution is -0.459. The van der Waals surface area contributed by atoms with E-state index in [4.69, 9.17) is 16.2 Å². The number of aromatic nitrogens is 1. The third-order valence-electron chi connectivity index (χ3n) is 5.57. The lowest BCUT2D eigenvalue weighted by Crippen LogP contribution is -2.78. The van der Waals surface area contributed by atoms with Crippen LogP contribution in [0.4, 0.5) is 0 Å². The van der Waals surface area contributed by atoms with Crippen LogP contribution in [0.5, 0.6) is 5.75 Å². The Morgan fingerprint density at radius 1 is 1.05 bits per heavy atom. The van der Waals surface area contributed by atoms with Crippen molar-refractivity contribution in [1.29, 1.82) is 0 Å². The lowest BCUT2D eigenvalue weighted by Gasteiger charge is -2.16. The highest BCUT2D eigenvalue weighted by molar-refractivity contribution is 7.89. The summed E-state index contributed by atoms with van der Waals surface area (Å²) < 4.78 is 34.1. The third-order valence-corrected chi connectivity index (χ3v) is 7.06. The maximum Gasteiger partial charge on any atom is 0.338 e. The van der Waals surface area contributed by atoms with Gasteiger partial charge in [-0.2, -0.15) is 4.72 Å². The second-order valence-electron chi connectivity index (χ2n) is 8.57. The minimum absolute atomic E-state index is 0.0179. The number of unbranched alkanes of at least 4 members (excludes halogenated alkanes) is 2. The number of sulfonamides is 1. The Bertz CT molecular complexity index is 1500. The summed E-state index contributed by atoms with van der Waals surface area (Å²) in [7, 11) is -4.14. The third kappa shape index (κ3) is 8.55. The van der Waals surface area contributed by atoms with Crippen LogP contribution < -0.4 is 36.8 Å². The molecule has 208 valence electrons. The van der Waals surface area contributed by atoms with Crippen LogP contribution in [0.15, 0.2) is 70.5 Å². The first-order valence-corrected chi connectivity index (χ1v) is 13.5. The molecule has 3 aromatic rings. The number of hydrogen-bond donors (Lipinski definition) is 6. The summed E-state index contributed by atoms with van der Waals surface area (Å²) in [5.74, 6) is -1.53. The van der Waals surface area contributed by atoms with Gasteiger partial charge in [-0.15, -0.1) is 0 Å². The number of amides is 1. The maximum absolute atomic E-state index is 12.7. The number of carboxylic acids is 1. The average molecular weight is 560 g/mol. The van der Waals surface area contributed by atoms with Gasteiger partial charge in [-0.25, -0.2) is 8.42 Å². The minimum Gasteiger partial charge on any atom is -0.493 e. The zero-order chi connectivity index (χ0) is 28.4. The van der Waals surface area contributed by atoms with Gasteiger partial charge in [0.05, 0.1) is 23.6 Å². The molecule has 0 saturated carbocycles. The van der Waals surface area contributed by atoms with Gasteiger partial charge in [0.15, 0.2) is 0 Å². The Kier molecular flexibility index (Phi) is 10.0. The molecule has 1 atom stereocenters. The largest absolute Gasteiger partial charge is 0.493 e. The molecule has 39 heavy (non-hydrogen) atoms. The number of hydrogen-bond acceptors (Lipinski definition) is 6. The summed E-state index contributed by atoms with van der Waals surface area (Å²) in [6.45, 7) is 0.560. The second kappa shape index (κ2) is 13.4. The van der Waals surface area contributed by atoms with Crippen LogP contribution in [0, 0.1) is 0 Å². The number of guanidine groups is 1. The smallest absolute Gasteiger partial charge is 0.338 e. The van der Waals surface area contributed by atoms with Crippen molar-refractivity contribution < 1.29 is 32.8 Å². The second-order valence-corrected chi connectivity index (χ2v) is 10.3. The molecule has 1 amide bonds. The van der Waals surface area contributed by atoms with E-state index in [1.54, 1.807) is 18.2 Å². The molecule has 13 nitrogen and oxygen atoms in total. The summed E-state index contributed by atoms with van der Waals surface area (Å²) in [5, 5.41) is 11.9. The number of carboxylic acid groups (broad SMARTS) is 1. The van der Waals surface area contributed by atoms with Gasteiger partial charge in [-0.05, 0) is 43.5 Å². The van der Waals surface area contributed by atoms with E-state index in [-0.39, 0.29) is 16.4 Å². The highest BCUT2D eigenvalue weighted by atomic mass is 32.2. The quantitative estimate of drug-likeness (QED) is 0.0759. The molecule has 8 N–H and O–H groups in total. The number of fused-ring (bicyclic) bond motifs is 1. The summed E-state index contributed by atoms with van der Waals surface area (Å²) in [5.41, 5.74) is 10.6. The molecule has 0 aliphatic carbocycles. The molecule has 0 spiro atoms. The van der Waals surface area contributed by atoms with E-state index in [0.717, 1.165) is 25.3 Å². The number of nitrogens with one attached hydrogen (secondary N) is 3. The van der Waals surface area contributed by atoms with Crippen LogP contribution in [0.1, 0.15) is 29.6 Å². The van der Waals surface area contributed by atoms with Crippen molar-refractivity contribution in [3.63, 3.8) is 0 Å². The number of carbonyl (C=O) groups excluding carboxylic acids is 1. The molecule has 0 saturated heterocycles. The van der Waals surface area contributed by atoms with Crippen molar-refractivity contribution in [3.05, 3.63) is 76.7 Å². The zero-order valence-corrected chi connectivity index (χ0v) is 21.8. The van der Waals surface area contributed by atoms with Crippen LogP contribution in [-0.4, -0.2) is 61.5 Å². The van der Waals surface area contributed by atoms with Crippen LogP contribution in [-0.2, 0) is 14.8 Å². The molecule has 14 heteroatoms. The average Bonchev–Trinajstić information content (AvgIpc) is 2.90. The van der Waals surface area contributed by atoms with Crippen molar-refractivity contribution in [2.24, 2.45) is 11.5 Å². The molecule has 3 rings (SSSR count). The Morgan fingerprint density at radius 2 is 1.79 bits per heavy atom. The monoisotopic (exact) mass is 559 g/mol. The van der Waals surface area contributed by atoms with Gasteiger partial charge < -0.3 is 15.2 Å². The summed E-state index contributed by atoms with van der Waals surface area (Å²) >= 11 is 0. The highest BCUT2D eigenvalue weighted by Crippen LogP contribution is 2.15. The molecule has 0 aliphatic heterocycles. The Balaban J connectivity index is 1.63. The highest BCUT2D eigenvalue weighted by Gasteiger charge is 2.26. The Morgan fingerprint density at radius 3 is 2.49 bits per heavy atom. The van der Waals surface area contributed by atoms with E-state index in [0.29, 0.717) is 24.4 Å². The van der Waals surface area contributed by atoms with Crippen LogP contribution in [0.2, 0.25) is 0 Å². The SMILES string of the molecule is NC(N)=[NH+]CCCCCOc1ccn2c(=O)cc(C(=O)NC[C@H](NS(=O)(=O)c3ccccc3)C(=O)O)cc2c1. The van der Waals surface area contributed by atoms with Crippen LogP contribution in [0.3, 0.4) is 0 Å². The van der Waals surface area contributed by atoms with E-state index >= 15 is 0 Å². The number of nitrogens with two attached hydrogens (primary N) is 2. The van der Waals surface area contributed by atoms with Crippen molar-refractivity contribution in [2.75, 3.05) is 19.7 Å². The maximum atomic E-state index is 12.7. The molecule has 0 fully saturated rings. The molecule has 0 bridgehead atoms. The van der Waals surface area contributed by atoms with E-state index < -0.39 is 40.0 Å². The predicted molar refractivity (Wildman–Crippen MR) is 143 cm³/mol. The lowest BCUT2D eigenvalue weighted by atomic mass is 10.2. The Hall–Kier alpha value is -4.43. The van der Waals surface area contributed by atoms with Gasteiger partial charge in [0.25, 0.3) is 11.5 Å². The number of ether oxygens (including phenoxy) is 1. The van der Waals surface area contributed by atoms with Gasteiger partial charge in [0.2, 0.25) is 10.0 Å². The van der Waals surface area contributed by atoms with Crippen molar-refractivity contribution in [3.8, 4) is 5.75 Å².